The van der Waals surface area contributed by atoms with Crippen LogP contribution in [0.25, 0.3) is 0 Å². The SMILES string of the molecule is Cc1cc2c(cc1Cc1ccc(C(C)C)cc1)[C@]1(OC2)O[C@H](C)[C@@H](O)[C@H](O)[C@H]1O. The van der Waals surface area contributed by atoms with Crippen LogP contribution in [0.3, 0.4) is 0 Å². The van der Waals surface area contributed by atoms with E-state index in [0.29, 0.717) is 12.5 Å². The standard InChI is InChI=1S/C24H30O5/c1-13(2)17-7-5-16(6-8-17)10-18-11-20-19(9-14(18)3)12-28-24(20)23(27)22(26)21(25)15(4)29-24/h5-9,11,13,15,21-23,25-27H,10,12H2,1-4H3/t15-,21-,22+,23-,24+/m1/s1. The van der Waals surface area contributed by atoms with Crippen LogP contribution in [0.5, 0.6) is 0 Å². The highest BCUT2D eigenvalue weighted by atomic mass is 16.7. The summed E-state index contributed by atoms with van der Waals surface area (Å²) in [4.78, 5) is 0. The average molecular weight is 398 g/mol. The molecule has 5 heteroatoms. The molecule has 0 aromatic heterocycles. The number of aliphatic hydroxyl groups is 3. The number of aliphatic hydroxyl groups excluding tert-OH is 3. The summed E-state index contributed by atoms with van der Waals surface area (Å²) < 4.78 is 11.9. The van der Waals surface area contributed by atoms with Gasteiger partial charge in [-0.25, -0.2) is 0 Å². The van der Waals surface area contributed by atoms with Crippen LogP contribution >= 0.6 is 0 Å². The Balaban J connectivity index is 1.69. The van der Waals surface area contributed by atoms with E-state index in [1.807, 2.05) is 6.07 Å². The molecule has 0 aliphatic carbocycles. The van der Waals surface area contributed by atoms with E-state index in [2.05, 4.69) is 51.1 Å². The highest BCUT2D eigenvalue weighted by Gasteiger charge is 2.57. The molecule has 0 amide bonds. The topological polar surface area (TPSA) is 79.2 Å². The number of hydrogen-bond donors (Lipinski definition) is 3. The molecule has 3 N–H and O–H groups in total. The second-order valence-corrected chi connectivity index (χ2v) is 8.71. The van der Waals surface area contributed by atoms with E-state index in [-0.39, 0.29) is 0 Å². The summed E-state index contributed by atoms with van der Waals surface area (Å²) in [5.41, 5.74) is 6.47. The van der Waals surface area contributed by atoms with Crippen molar-refractivity contribution in [3.05, 3.63) is 69.8 Å². The molecule has 0 unspecified atom stereocenters. The van der Waals surface area contributed by atoms with E-state index in [1.165, 1.54) is 11.1 Å². The van der Waals surface area contributed by atoms with Crippen LogP contribution in [0.15, 0.2) is 36.4 Å². The van der Waals surface area contributed by atoms with E-state index in [1.54, 1.807) is 6.92 Å². The molecule has 2 aromatic carbocycles. The fourth-order valence-corrected chi connectivity index (χ4v) is 4.40. The summed E-state index contributed by atoms with van der Waals surface area (Å²) in [5.74, 6) is -0.950. The smallest absolute Gasteiger partial charge is 0.225 e. The Labute approximate surface area is 171 Å². The summed E-state index contributed by atoms with van der Waals surface area (Å²) >= 11 is 0. The second kappa shape index (κ2) is 7.49. The number of hydrogen-bond acceptors (Lipinski definition) is 5. The van der Waals surface area contributed by atoms with Crippen molar-refractivity contribution >= 4 is 0 Å². The Morgan fingerprint density at radius 2 is 1.76 bits per heavy atom. The van der Waals surface area contributed by atoms with Crippen molar-refractivity contribution < 1.29 is 24.8 Å². The molecule has 0 saturated carbocycles. The number of aryl methyl sites for hydroxylation is 1. The molecule has 156 valence electrons. The zero-order chi connectivity index (χ0) is 20.9. The van der Waals surface area contributed by atoms with Gasteiger partial charge in [-0.15, -0.1) is 0 Å². The van der Waals surface area contributed by atoms with Crippen molar-refractivity contribution in [2.45, 2.75) is 76.8 Å². The molecule has 4 rings (SSSR count). The minimum Gasteiger partial charge on any atom is -0.388 e. The lowest BCUT2D eigenvalue weighted by Crippen LogP contribution is -2.62. The monoisotopic (exact) mass is 398 g/mol. The van der Waals surface area contributed by atoms with Gasteiger partial charge >= 0.3 is 0 Å². The zero-order valence-corrected chi connectivity index (χ0v) is 17.4. The molecule has 0 bridgehead atoms. The largest absolute Gasteiger partial charge is 0.388 e. The van der Waals surface area contributed by atoms with E-state index in [9.17, 15) is 15.3 Å². The van der Waals surface area contributed by atoms with Gasteiger partial charge in [0.1, 0.15) is 18.3 Å². The first-order valence-electron chi connectivity index (χ1n) is 10.3. The minimum absolute atomic E-state index is 0.298. The third-order valence-electron chi connectivity index (χ3n) is 6.32. The maximum absolute atomic E-state index is 10.7. The Morgan fingerprint density at radius 1 is 1.07 bits per heavy atom. The number of fused-ring (bicyclic) bond motifs is 2. The zero-order valence-electron chi connectivity index (χ0n) is 17.4. The van der Waals surface area contributed by atoms with Crippen LogP contribution in [0.1, 0.15) is 60.1 Å². The van der Waals surface area contributed by atoms with Gasteiger partial charge in [0, 0.05) is 5.56 Å². The van der Waals surface area contributed by atoms with Crippen LogP contribution in [-0.4, -0.2) is 39.7 Å². The van der Waals surface area contributed by atoms with Gasteiger partial charge in [-0.3, -0.25) is 0 Å². The third-order valence-corrected chi connectivity index (χ3v) is 6.32. The molecule has 1 saturated heterocycles. The normalized spacial score (nSPS) is 31.4. The van der Waals surface area contributed by atoms with Crippen LogP contribution in [-0.2, 0) is 28.3 Å². The Kier molecular flexibility index (Phi) is 5.30. The van der Waals surface area contributed by atoms with E-state index in [0.717, 1.165) is 28.7 Å². The summed E-state index contributed by atoms with van der Waals surface area (Å²) in [7, 11) is 0. The highest BCUT2D eigenvalue weighted by molar-refractivity contribution is 5.45. The summed E-state index contributed by atoms with van der Waals surface area (Å²) in [6.45, 7) is 8.41. The number of ether oxygens (including phenoxy) is 2. The highest BCUT2D eigenvalue weighted by Crippen LogP contribution is 2.46. The van der Waals surface area contributed by atoms with Crippen molar-refractivity contribution in [2.24, 2.45) is 0 Å². The minimum atomic E-state index is -1.45. The van der Waals surface area contributed by atoms with Crippen LogP contribution in [0.4, 0.5) is 0 Å². The first-order chi connectivity index (χ1) is 13.7. The van der Waals surface area contributed by atoms with Crippen LogP contribution in [0, 0.1) is 6.92 Å². The van der Waals surface area contributed by atoms with Gasteiger partial charge in [0.05, 0.1) is 12.7 Å². The van der Waals surface area contributed by atoms with Crippen molar-refractivity contribution in [1.29, 1.82) is 0 Å². The predicted octanol–water partition coefficient (Wildman–Crippen LogP) is 2.89. The first kappa shape index (κ1) is 20.5. The fourth-order valence-electron chi connectivity index (χ4n) is 4.40. The van der Waals surface area contributed by atoms with Gasteiger partial charge in [-0.2, -0.15) is 0 Å². The van der Waals surface area contributed by atoms with E-state index >= 15 is 0 Å². The quantitative estimate of drug-likeness (QED) is 0.741. The van der Waals surface area contributed by atoms with Crippen LogP contribution < -0.4 is 0 Å². The number of benzene rings is 2. The lowest BCUT2D eigenvalue weighted by atomic mass is 9.85. The van der Waals surface area contributed by atoms with Gasteiger partial charge in [-0.05, 0) is 60.1 Å². The first-order valence-corrected chi connectivity index (χ1v) is 10.3. The van der Waals surface area contributed by atoms with Gasteiger partial charge in [-0.1, -0.05) is 44.2 Å². The molecule has 5 atom stereocenters. The Morgan fingerprint density at radius 3 is 2.41 bits per heavy atom. The van der Waals surface area contributed by atoms with Crippen molar-refractivity contribution in [1.82, 2.24) is 0 Å². The predicted molar refractivity (Wildman–Crippen MR) is 110 cm³/mol. The van der Waals surface area contributed by atoms with Gasteiger partial charge in [0.2, 0.25) is 5.79 Å². The molecule has 1 spiro atoms. The van der Waals surface area contributed by atoms with Crippen molar-refractivity contribution in [3.63, 3.8) is 0 Å². The van der Waals surface area contributed by atoms with E-state index < -0.39 is 30.2 Å². The molecule has 2 aliphatic heterocycles. The molecule has 2 heterocycles. The van der Waals surface area contributed by atoms with Crippen molar-refractivity contribution in [3.8, 4) is 0 Å². The molecule has 0 radical (unpaired) electrons. The molecule has 2 aromatic rings. The number of rotatable bonds is 3. The van der Waals surface area contributed by atoms with E-state index in [4.69, 9.17) is 9.47 Å². The fraction of sp³-hybridized carbons (Fsp3) is 0.500. The third kappa shape index (κ3) is 3.41. The second-order valence-electron chi connectivity index (χ2n) is 8.71. The molecule has 2 aliphatic rings. The molecular formula is C24H30O5. The lowest BCUT2D eigenvalue weighted by molar-refractivity contribution is -0.362. The van der Waals surface area contributed by atoms with Crippen LogP contribution in [0.2, 0.25) is 0 Å². The molecule has 1 fully saturated rings. The molecular weight excluding hydrogens is 368 g/mol. The molecule has 5 nitrogen and oxygen atoms in total. The van der Waals surface area contributed by atoms with Crippen molar-refractivity contribution in [2.75, 3.05) is 0 Å². The lowest BCUT2D eigenvalue weighted by Gasteiger charge is -2.45. The summed E-state index contributed by atoms with van der Waals surface area (Å²) in [5, 5.41) is 31.1. The van der Waals surface area contributed by atoms with Gasteiger partial charge in [0.15, 0.2) is 0 Å². The maximum atomic E-state index is 10.7. The maximum Gasteiger partial charge on any atom is 0.225 e. The molecule has 29 heavy (non-hydrogen) atoms. The summed E-state index contributed by atoms with van der Waals surface area (Å²) in [6, 6.07) is 12.7. The van der Waals surface area contributed by atoms with Gasteiger partial charge in [0.25, 0.3) is 0 Å². The Hall–Kier alpha value is -1.76. The Bertz CT molecular complexity index is 891. The van der Waals surface area contributed by atoms with Gasteiger partial charge < -0.3 is 24.8 Å². The summed E-state index contributed by atoms with van der Waals surface area (Å²) in [6.07, 6.45) is -3.76. The average Bonchev–Trinajstić information content (AvgIpc) is 3.03.